The molecule has 4 nitrogen and oxygen atoms in total. The number of amides is 1. The molecule has 1 aromatic rings. The summed E-state index contributed by atoms with van der Waals surface area (Å²) in [6.45, 7) is -0.212. The number of hydrogen-bond donors (Lipinski definition) is 1. The van der Waals surface area contributed by atoms with Gasteiger partial charge in [-0.25, -0.2) is 0 Å². The van der Waals surface area contributed by atoms with Crippen LogP contribution in [0.15, 0.2) is 18.2 Å². The molecule has 0 fully saturated rings. The van der Waals surface area contributed by atoms with E-state index in [-0.39, 0.29) is 11.6 Å². The number of ether oxygens (including phenoxy) is 1. The number of carbonyl (C=O) groups is 2. The second-order valence-electron chi connectivity index (χ2n) is 2.56. The minimum atomic E-state index is -0.569. The summed E-state index contributed by atoms with van der Waals surface area (Å²) in [5.74, 6) is -0.167. The molecule has 14 heavy (non-hydrogen) atoms. The first-order valence-electron chi connectivity index (χ1n) is 3.79. The maximum atomic E-state index is 10.4. The highest BCUT2D eigenvalue weighted by Gasteiger charge is 2.02. The van der Waals surface area contributed by atoms with E-state index in [4.69, 9.17) is 22.1 Å². The largest absolute Gasteiger partial charge is 0.484 e. The Bertz CT molecular complexity index is 365. The maximum Gasteiger partial charge on any atom is 0.255 e. The average molecular weight is 214 g/mol. The van der Waals surface area contributed by atoms with Crippen LogP contribution in [-0.2, 0) is 4.79 Å². The third-order valence-electron chi connectivity index (χ3n) is 1.48. The number of carbonyl (C=O) groups excluding carboxylic acids is 2. The van der Waals surface area contributed by atoms with Crippen molar-refractivity contribution >= 4 is 23.8 Å². The zero-order valence-electron chi connectivity index (χ0n) is 7.20. The summed E-state index contributed by atoms with van der Waals surface area (Å²) in [6, 6.07) is 4.50. The standard InChI is InChI=1S/C9H8ClNO3/c10-8-3-7(14-5-9(11)13)2-1-6(8)4-12/h1-4H,5H2,(H2,11,13). The Hall–Kier alpha value is -1.55. The third kappa shape index (κ3) is 2.74. The van der Waals surface area contributed by atoms with Crippen LogP contribution in [0.3, 0.4) is 0 Å². The first-order valence-corrected chi connectivity index (χ1v) is 4.17. The van der Waals surface area contributed by atoms with Gasteiger partial charge in [0.1, 0.15) is 5.75 Å². The normalized spacial score (nSPS) is 9.50. The van der Waals surface area contributed by atoms with E-state index < -0.39 is 5.91 Å². The van der Waals surface area contributed by atoms with Crippen LogP contribution < -0.4 is 10.5 Å². The van der Waals surface area contributed by atoms with Crippen LogP contribution in [0.25, 0.3) is 0 Å². The third-order valence-corrected chi connectivity index (χ3v) is 1.81. The van der Waals surface area contributed by atoms with Gasteiger partial charge in [0.05, 0.1) is 5.02 Å². The van der Waals surface area contributed by atoms with E-state index in [1.807, 2.05) is 0 Å². The fourth-order valence-corrected chi connectivity index (χ4v) is 1.06. The fourth-order valence-electron chi connectivity index (χ4n) is 0.848. The summed E-state index contributed by atoms with van der Waals surface area (Å²) in [5, 5.41) is 0.280. The second-order valence-corrected chi connectivity index (χ2v) is 2.96. The van der Waals surface area contributed by atoms with E-state index in [0.717, 1.165) is 0 Å². The highest BCUT2D eigenvalue weighted by atomic mass is 35.5. The van der Waals surface area contributed by atoms with Gasteiger partial charge < -0.3 is 10.5 Å². The van der Waals surface area contributed by atoms with Crippen molar-refractivity contribution in [1.82, 2.24) is 0 Å². The molecule has 74 valence electrons. The van der Waals surface area contributed by atoms with Gasteiger partial charge in [-0.2, -0.15) is 0 Å². The van der Waals surface area contributed by atoms with Crippen molar-refractivity contribution in [3.05, 3.63) is 28.8 Å². The molecular weight excluding hydrogens is 206 g/mol. The van der Waals surface area contributed by atoms with E-state index in [1.54, 1.807) is 6.07 Å². The van der Waals surface area contributed by atoms with Crippen LogP contribution in [0.4, 0.5) is 0 Å². The monoisotopic (exact) mass is 213 g/mol. The molecule has 0 saturated heterocycles. The summed E-state index contributed by atoms with van der Waals surface area (Å²) in [5.41, 5.74) is 5.25. The first-order chi connectivity index (χ1) is 6.63. The number of aldehydes is 1. The first kappa shape index (κ1) is 10.5. The number of nitrogens with two attached hydrogens (primary N) is 1. The Morgan fingerprint density at radius 2 is 2.29 bits per heavy atom. The van der Waals surface area contributed by atoms with Crippen LogP contribution in [0.2, 0.25) is 5.02 Å². The summed E-state index contributed by atoms with van der Waals surface area (Å²) in [7, 11) is 0. The molecule has 0 bridgehead atoms. The molecule has 0 radical (unpaired) electrons. The van der Waals surface area contributed by atoms with Gasteiger partial charge in [0.25, 0.3) is 5.91 Å². The predicted molar refractivity (Wildman–Crippen MR) is 51.5 cm³/mol. The molecular formula is C9H8ClNO3. The summed E-state index contributed by atoms with van der Waals surface area (Å²) in [6.07, 6.45) is 0.639. The Morgan fingerprint density at radius 1 is 1.57 bits per heavy atom. The van der Waals surface area contributed by atoms with Crippen molar-refractivity contribution in [2.75, 3.05) is 6.61 Å². The lowest BCUT2D eigenvalue weighted by molar-refractivity contribution is -0.119. The molecule has 1 amide bonds. The van der Waals surface area contributed by atoms with Crippen molar-refractivity contribution in [2.24, 2.45) is 5.73 Å². The van der Waals surface area contributed by atoms with Crippen LogP contribution in [0.5, 0.6) is 5.75 Å². The van der Waals surface area contributed by atoms with Gasteiger partial charge in [-0.1, -0.05) is 11.6 Å². The molecule has 0 unspecified atom stereocenters. The van der Waals surface area contributed by atoms with Crippen molar-refractivity contribution < 1.29 is 14.3 Å². The Kier molecular flexibility index (Phi) is 3.48. The van der Waals surface area contributed by atoms with Crippen molar-refractivity contribution in [1.29, 1.82) is 0 Å². The smallest absolute Gasteiger partial charge is 0.255 e. The van der Waals surface area contributed by atoms with Crippen molar-refractivity contribution in [3.8, 4) is 5.75 Å². The molecule has 0 atom stereocenters. The molecule has 0 saturated carbocycles. The maximum absolute atomic E-state index is 10.4. The Labute approximate surface area is 85.6 Å². The zero-order chi connectivity index (χ0) is 10.6. The van der Waals surface area contributed by atoms with Gasteiger partial charge in [-0.15, -0.1) is 0 Å². The number of primary amides is 1. The van der Waals surface area contributed by atoms with E-state index in [0.29, 0.717) is 17.6 Å². The van der Waals surface area contributed by atoms with Gasteiger partial charge in [0, 0.05) is 5.56 Å². The average Bonchev–Trinajstić information content (AvgIpc) is 2.15. The highest BCUT2D eigenvalue weighted by Crippen LogP contribution is 2.20. The lowest BCUT2D eigenvalue weighted by Gasteiger charge is -2.04. The highest BCUT2D eigenvalue weighted by molar-refractivity contribution is 6.33. The molecule has 2 N–H and O–H groups in total. The summed E-state index contributed by atoms with van der Waals surface area (Å²) in [4.78, 5) is 20.8. The zero-order valence-corrected chi connectivity index (χ0v) is 7.95. The lowest BCUT2D eigenvalue weighted by atomic mass is 10.2. The Morgan fingerprint density at radius 3 is 2.79 bits per heavy atom. The molecule has 0 aliphatic carbocycles. The molecule has 0 spiro atoms. The molecule has 1 rings (SSSR count). The number of halogens is 1. The molecule has 0 aliphatic heterocycles. The van der Waals surface area contributed by atoms with Gasteiger partial charge in [-0.05, 0) is 18.2 Å². The minimum Gasteiger partial charge on any atom is -0.484 e. The number of hydrogen-bond acceptors (Lipinski definition) is 3. The van der Waals surface area contributed by atoms with Gasteiger partial charge in [-0.3, -0.25) is 9.59 Å². The summed E-state index contributed by atoms with van der Waals surface area (Å²) < 4.78 is 4.97. The van der Waals surface area contributed by atoms with Crippen LogP contribution >= 0.6 is 11.6 Å². The van der Waals surface area contributed by atoms with E-state index in [1.165, 1.54) is 12.1 Å². The topological polar surface area (TPSA) is 69.4 Å². The number of rotatable bonds is 4. The summed E-state index contributed by atoms with van der Waals surface area (Å²) >= 11 is 5.72. The quantitative estimate of drug-likeness (QED) is 0.759. The van der Waals surface area contributed by atoms with E-state index >= 15 is 0 Å². The predicted octanol–water partition coefficient (Wildman–Crippen LogP) is 1.02. The van der Waals surface area contributed by atoms with E-state index in [2.05, 4.69) is 0 Å². The SMILES string of the molecule is NC(=O)COc1ccc(C=O)c(Cl)c1. The fraction of sp³-hybridized carbons (Fsp3) is 0.111. The molecule has 5 heteroatoms. The van der Waals surface area contributed by atoms with E-state index in [9.17, 15) is 9.59 Å². The lowest BCUT2D eigenvalue weighted by Crippen LogP contribution is -2.20. The molecule has 1 aromatic carbocycles. The van der Waals surface area contributed by atoms with Crippen molar-refractivity contribution in [2.45, 2.75) is 0 Å². The van der Waals surface area contributed by atoms with Gasteiger partial charge in [0.15, 0.2) is 12.9 Å². The van der Waals surface area contributed by atoms with Gasteiger partial charge in [0.2, 0.25) is 0 Å². The van der Waals surface area contributed by atoms with Crippen molar-refractivity contribution in [3.63, 3.8) is 0 Å². The molecule has 0 aliphatic rings. The van der Waals surface area contributed by atoms with Gasteiger partial charge >= 0.3 is 0 Å². The molecule has 0 aromatic heterocycles. The number of benzene rings is 1. The van der Waals surface area contributed by atoms with Crippen LogP contribution in [-0.4, -0.2) is 18.8 Å². The minimum absolute atomic E-state index is 0.212. The second kappa shape index (κ2) is 4.62. The Balaban J connectivity index is 2.76. The molecule has 0 heterocycles. The van der Waals surface area contributed by atoms with Crippen LogP contribution in [0, 0.1) is 0 Å². The van der Waals surface area contributed by atoms with Crippen LogP contribution in [0.1, 0.15) is 10.4 Å².